The largest absolute Gasteiger partial charge is 0.350 e. The number of halogens is 2. The molecule has 0 spiro atoms. The first-order chi connectivity index (χ1) is 15.7. The summed E-state index contributed by atoms with van der Waals surface area (Å²) in [5.41, 5.74) is 0.448. The zero-order valence-corrected chi connectivity index (χ0v) is 22.3. The fourth-order valence-electron chi connectivity index (χ4n) is 3.43. The van der Waals surface area contributed by atoms with E-state index in [4.69, 9.17) is 23.2 Å². The average Bonchev–Trinajstić information content (AvgIpc) is 2.71. The monoisotopic (exact) mass is 527 g/mol. The van der Waals surface area contributed by atoms with Gasteiger partial charge in [0.25, 0.3) is 0 Å². The standard InChI is InChI=1S/C24H31Cl2N3O4S/c1-6-20(23(31)27-24(2,3)4)28(15-17-10-8-7-9-11-17)22(30)16-29(34(5,32)33)21-13-12-18(25)14-19(21)26/h7-14,20H,6,15-16H2,1-5H3,(H,27,31)/t20-/m1/s1. The molecule has 0 bridgehead atoms. The second-order valence-corrected chi connectivity index (χ2v) is 11.8. The highest BCUT2D eigenvalue weighted by atomic mass is 35.5. The lowest BCUT2D eigenvalue weighted by molar-refractivity contribution is -0.141. The Hall–Kier alpha value is -2.29. The van der Waals surface area contributed by atoms with Crippen molar-refractivity contribution < 1.29 is 18.0 Å². The average molecular weight is 529 g/mol. The summed E-state index contributed by atoms with van der Waals surface area (Å²) in [4.78, 5) is 28.1. The lowest BCUT2D eigenvalue weighted by Crippen LogP contribution is -2.55. The zero-order valence-electron chi connectivity index (χ0n) is 20.0. The van der Waals surface area contributed by atoms with E-state index in [1.807, 2.05) is 58.0 Å². The SMILES string of the molecule is CC[C@H](C(=O)NC(C)(C)C)N(Cc1ccccc1)C(=O)CN(c1ccc(Cl)cc1Cl)S(C)(=O)=O. The van der Waals surface area contributed by atoms with Crippen molar-refractivity contribution in [1.82, 2.24) is 10.2 Å². The molecule has 0 aliphatic heterocycles. The van der Waals surface area contributed by atoms with Crippen molar-refractivity contribution in [3.8, 4) is 0 Å². The molecule has 7 nitrogen and oxygen atoms in total. The van der Waals surface area contributed by atoms with Gasteiger partial charge in [0, 0.05) is 17.1 Å². The molecule has 34 heavy (non-hydrogen) atoms. The second-order valence-electron chi connectivity index (χ2n) is 9.04. The molecule has 0 saturated heterocycles. The first-order valence-corrected chi connectivity index (χ1v) is 13.4. The Morgan fingerprint density at radius 3 is 2.18 bits per heavy atom. The lowest BCUT2D eigenvalue weighted by atomic mass is 10.1. The van der Waals surface area contributed by atoms with Gasteiger partial charge in [0.15, 0.2) is 0 Å². The van der Waals surface area contributed by atoms with Crippen LogP contribution in [0.25, 0.3) is 0 Å². The Balaban J connectivity index is 2.46. The minimum absolute atomic E-state index is 0.0952. The van der Waals surface area contributed by atoms with Crippen LogP contribution in [-0.2, 0) is 26.2 Å². The highest BCUT2D eigenvalue weighted by Crippen LogP contribution is 2.30. The van der Waals surface area contributed by atoms with Crippen LogP contribution >= 0.6 is 23.2 Å². The summed E-state index contributed by atoms with van der Waals surface area (Å²) in [5.74, 6) is -0.842. The van der Waals surface area contributed by atoms with E-state index in [1.165, 1.54) is 23.1 Å². The van der Waals surface area contributed by atoms with Crippen molar-refractivity contribution in [3.63, 3.8) is 0 Å². The maximum Gasteiger partial charge on any atom is 0.244 e. The van der Waals surface area contributed by atoms with E-state index in [-0.39, 0.29) is 23.2 Å². The number of nitrogens with zero attached hydrogens (tertiary/aromatic N) is 2. The van der Waals surface area contributed by atoms with Crippen LogP contribution in [0, 0.1) is 0 Å². The van der Waals surface area contributed by atoms with Crippen molar-refractivity contribution in [3.05, 3.63) is 64.1 Å². The summed E-state index contributed by atoms with van der Waals surface area (Å²) in [6.45, 7) is 7.00. The van der Waals surface area contributed by atoms with Gasteiger partial charge in [0.2, 0.25) is 21.8 Å². The number of amides is 2. The molecule has 186 valence electrons. The minimum atomic E-state index is -3.88. The molecule has 2 rings (SSSR count). The van der Waals surface area contributed by atoms with Gasteiger partial charge in [-0.25, -0.2) is 8.42 Å². The molecule has 0 unspecified atom stereocenters. The van der Waals surface area contributed by atoms with Gasteiger partial charge >= 0.3 is 0 Å². The molecule has 2 aromatic carbocycles. The van der Waals surface area contributed by atoms with E-state index in [1.54, 1.807) is 0 Å². The molecule has 2 aromatic rings. The number of hydrogen-bond donors (Lipinski definition) is 1. The highest BCUT2D eigenvalue weighted by Gasteiger charge is 2.33. The Labute approximate surface area is 212 Å². The van der Waals surface area contributed by atoms with Crippen LogP contribution in [0.4, 0.5) is 5.69 Å². The first-order valence-electron chi connectivity index (χ1n) is 10.8. The van der Waals surface area contributed by atoms with Crippen LogP contribution in [0.2, 0.25) is 10.0 Å². The van der Waals surface area contributed by atoms with Gasteiger partial charge in [-0.15, -0.1) is 0 Å². The van der Waals surface area contributed by atoms with Crippen molar-refractivity contribution in [1.29, 1.82) is 0 Å². The van der Waals surface area contributed by atoms with Gasteiger partial charge in [0.1, 0.15) is 12.6 Å². The van der Waals surface area contributed by atoms with E-state index in [2.05, 4.69) is 5.32 Å². The van der Waals surface area contributed by atoms with Gasteiger partial charge in [-0.2, -0.15) is 0 Å². The van der Waals surface area contributed by atoms with E-state index in [0.717, 1.165) is 16.1 Å². The second kappa shape index (κ2) is 11.4. The van der Waals surface area contributed by atoms with Gasteiger partial charge in [0.05, 0.1) is 17.0 Å². The zero-order chi connectivity index (χ0) is 25.7. The van der Waals surface area contributed by atoms with E-state index < -0.39 is 34.1 Å². The number of anilines is 1. The summed E-state index contributed by atoms with van der Waals surface area (Å²) in [5, 5.41) is 3.35. The third-order valence-electron chi connectivity index (χ3n) is 4.94. The number of benzene rings is 2. The number of carbonyl (C=O) groups excluding carboxylic acids is 2. The van der Waals surface area contributed by atoms with Crippen molar-refractivity contribution in [2.24, 2.45) is 0 Å². The topological polar surface area (TPSA) is 86.8 Å². The molecular weight excluding hydrogens is 497 g/mol. The molecule has 10 heteroatoms. The number of nitrogens with one attached hydrogen (secondary N) is 1. The normalized spacial score (nSPS) is 12.7. The summed E-state index contributed by atoms with van der Waals surface area (Å²) < 4.78 is 26.2. The van der Waals surface area contributed by atoms with Crippen LogP contribution in [0.3, 0.4) is 0 Å². The summed E-state index contributed by atoms with van der Waals surface area (Å²) in [6, 6.07) is 12.8. The summed E-state index contributed by atoms with van der Waals surface area (Å²) >= 11 is 12.2. The minimum Gasteiger partial charge on any atom is -0.350 e. The maximum atomic E-state index is 13.6. The fraction of sp³-hybridized carbons (Fsp3) is 0.417. The molecule has 2 amide bonds. The van der Waals surface area contributed by atoms with Gasteiger partial charge in [-0.3, -0.25) is 13.9 Å². The molecule has 0 aromatic heterocycles. The van der Waals surface area contributed by atoms with Gasteiger partial charge < -0.3 is 10.2 Å². The lowest BCUT2D eigenvalue weighted by Gasteiger charge is -2.34. The van der Waals surface area contributed by atoms with Crippen LogP contribution in [0.1, 0.15) is 39.7 Å². The van der Waals surface area contributed by atoms with Crippen molar-refractivity contribution in [2.75, 3.05) is 17.1 Å². The summed E-state index contributed by atoms with van der Waals surface area (Å²) in [7, 11) is -3.88. The van der Waals surface area contributed by atoms with Crippen LogP contribution in [0.5, 0.6) is 0 Å². The maximum absolute atomic E-state index is 13.6. The molecule has 1 atom stereocenters. The Bertz CT molecular complexity index is 1120. The molecule has 0 fully saturated rings. The van der Waals surface area contributed by atoms with Crippen molar-refractivity contribution >= 4 is 50.7 Å². The van der Waals surface area contributed by atoms with E-state index >= 15 is 0 Å². The molecule has 0 aliphatic rings. The smallest absolute Gasteiger partial charge is 0.244 e. The Kier molecular flexibility index (Phi) is 9.39. The molecule has 0 heterocycles. The van der Waals surface area contributed by atoms with E-state index in [9.17, 15) is 18.0 Å². The van der Waals surface area contributed by atoms with E-state index in [0.29, 0.717) is 11.4 Å². The molecule has 0 radical (unpaired) electrons. The van der Waals surface area contributed by atoms with Gasteiger partial charge in [-0.1, -0.05) is 60.5 Å². The molecular formula is C24H31Cl2N3O4S. The van der Waals surface area contributed by atoms with Gasteiger partial charge in [-0.05, 0) is 51.0 Å². The Morgan fingerprint density at radius 2 is 1.68 bits per heavy atom. The molecule has 0 saturated carbocycles. The van der Waals surface area contributed by atoms with Crippen LogP contribution in [-0.4, -0.2) is 49.5 Å². The molecule has 0 aliphatic carbocycles. The molecule has 1 N–H and O–H groups in total. The predicted molar refractivity (Wildman–Crippen MR) is 138 cm³/mol. The number of rotatable bonds is 9. The Morgan fingerprint density at radius 1 is 1.06 bits per heavy atom. The van der Waals surface area contributed by atoms with Crippen LogP contribution in [0.15, 0.2) is 48.5 Å². The fourth-order valence-corrected chi connectivity index (χ4v) is 4.85. The van der Waals surface area contributed by atoms with Crippen molar-refractivity contribution in [2.45, 2.75) is 52.2 Å². The first kappa shape index (κ1) is 28.0. The number of sulfonamides is 1. The summed E-state index contributed by atoms with van der Waals surface area (Å²) in [6.07, 6.45) is 1.34. The quantitative estimate of drug-likeness (QED) is 0.520. The third kappa shape index (κ3) is 7.89. The predicted octanol–water partition coefficient (Wildman–Crippen LogP) is 4.48. The number of hydrogen-bond acceptors (Lipinski definition) is 4. The number of carbonyl (C=O) groups is 2. The van der Waals surface area contributed by atoms with Crippen LogP contribution < -0.4 is 9.62 Å². The third-order valence-corrected chi connectivity index (χ3v) is 6.60. The highest BCUT2D eigenvalue weighted by molar-refractivity contribution is 7.92.